The van der Waals surface area contributed by atoms with Crippen molar-refractivity contribution >= 4 is 11.8 Å². The molecule has 0 saturated carbocycles. The van der Waals surface area contributed by atoms with Crippen LogP contribution in [0.15, 0.2) is 23.1 Å². The van der Waals surface area contributed by atoms with E-state index in [0.29, 0.717) is 5.25 Å². The molecule has 0 fully saturated rings. The van der Waals surface area contributed by atoms with E-state index in [0.717, 1.165) is 16.9 Å². The van der Waals surface area contributed by atoms with Gasteiger partial charge in [-0.1, -0.05) is 13.0 Å². The molecule has 0 saturated heterocycles. The first-order valence-electron chi connectivity index (χ1n) is 3.71. The van der Waals surface area contributed by atoms with Gasteiger partial charge < -0.3 is 0 Å². The number of hydrogen-bond donors (Lipinski definition) is 0. The second-order valence-corrected chi connectivity index (χ2v) is 4.33. The van der Waals surface area contributed by atoms with Crippen LogP contribution in [-0.2, 0) is 6.42 Å². The van der Waals surface area contributed by atoms with Crippen molar-refractivity contribution in [1.82, 2.24) is 0 Å². The molecule has 0 amide bonds. The second kappa shape index (κ2) is 2.52. The smallest absolute Gasteiger partial charge is 0.127 e. The summed E-state index contributed by atoms with van der Waals surface area (Å²) in [6.45, 7) is 2.13. The molecule has 1 unspecified atom stereocenters. The molecule has 2 rings (SSSR count). The first-order valence-corrected chi connectivity index (χ1v) is 4.59. The third kappa shape index (κ3) is 1.16. The van der Waals surface area contributed by atoms with Crippen molar-refractivity contribution in [3.8, 4) is 0 Å². The zero-order chi connectivity index (χ0) is 7.84. The minimum atomic E-state index is -0.0423. The lowest BCUT2D eigenvalue weighted by molar-refractivity contribution is 0.605. The number of halogens is 1. The molecule has 1 atom stereocenters. The summed E-state index contributed by atoms with van der Waals surface area (Å²) in [5, 5.41) is 0.543. The van der Waals surface area contributed by atoms with E-state index >= 15 is 0 Å². The van der Waals surface area contributed by atoms with Gasteiger partial charge >= 0.3 is 0 Å². The lowest BCUT2D eigenvalue weighted by Crippen LogP contribution is -1.93. The van der Waals surface area contributed by atoms with Crippen LogP contribution in [0, 0.1) is 5.82 Å². The van der Waals surface area contributed by atoms with Gasteiger partial charge in [0.15, 0.2) is 0 Å². The highest BCUT2D eigenvalue weighted by atomic mass is 32.2. The standard InChI is InChI=1S/C9H9FS/c1-6-5-7-8(10)3-2-4-9(7)11-6/h2-4,6H,5H2,1H3. The predicted octanol–water partition coefficient (Wildman–Crippen LogP) is 2.86. The maximum absolute atomic E-state index is 13.1. The molecule has 58 valence electrons. The average Bonchev–Trinajstić information content (AvgIpc) is 2.31. The molecule has 11 heavy (non-hydrogen) atoms. The Balaban J connectivity index is 2.49. The van der Waals surface area contributed by atoms with Crippen LogP contribution >= 0.6 is 11.8 Å². The minimum absolute atomic E-state index is 0.0423. The molecule has 1 aromatic rings. The fraction of sp³-hybridized carbons (Fsp3) is 0.333. The van der Waals surface area contributed by atoms with Crippen molar-refractivity contribution in [1.29, 1.82) is 0 Å². The molecule has 0 bridgehead atoms. The summed E-state index contributed by atoms with van der Waals surface area (Å²) >= 11 is 1.77. The topological polar surface area (TPSA) is 0 Å². The Bertz CT molecular complexity index is 283. The van der Waals surface area contributed by atoms with Crippen molar-refractivity contribution in [3.63, 3.8) is 0 Å². The van der Waals surface area contributed by atoms with Crippen LogP contribution < -0.4 is 0 Å². The highest BCUT2D eigenvalue weighted by Gasteiger charge is 2.20. The van der Waals surface area contributed by atoms with Gasteiger partial charge in [-0.3, -0.25) is 0 Å². The Morgan fingerprint density at radius 3 is 3.09 bits per heavy atom. The molecule has 2 heteroatoms. The molecule has 0 radical (unpaired) electrons. The lowest BCUT2D eigenvalue weighted by atomic mass is 10.1. The summed E-state index contributed by atoms with van der Waals surface area (Å²) in [4.78, 5) is 1.12. The predicted molar refractivity (Wildman–Crippen MR) is 45.4 cm³/mol. The van der Waals surface area contributed by atoms with E-state index in [4.69, 9.17) is 0 Å². The van der Waals surface area contributed by atoms with Crippen LogP contribution in [0.4, 0.5) is 4.39 Å². The Hall–Kier alpha value is -0.500. The van der Waals surface area contributed by atoms with Crippen LogP contribution in [0.2, 0.25) is 0 Å². The molecule has 0 aliphatic carbocycles. The number of rotatable bonds is 0. The van der Waals surface area contributed by atoms with Crippen molar-refractivity contribution < 1.29 is 4.39 Å². The summed E-state index contributed by atoms with van der Waals surface area (Å²) in [7, 11) is 0. The summed E-state index contributed by atoms with van der Waals surface area (Å²) in [5.41, 5.74) is 0.907. The molecular formula is C9H9FS. The van der Waals surface area contributed by atoms with Crippen LogP contribution in [-0.4, -0.2) is 5.25 Å². The monoisotopic (exact) mass is 168 g/mol. The molecule has 0 N–H and O–H groups in total. The summed E-state index contributed by atoms with van der Waals surface area (Å²) in [5.74, 6) is -0.0423. The van der Waals surface area contributed by atoms with E-state index in [-0.39, 0.29) is 5.82 Å². The molecule has 1 aliphatic rings. The SMILES string of the molecule is CC1Cc2c(F)cccc2S1. The molecule has 0 spiro atoms. The highest BCUT2D eigenvalue weighted by molar-refractivity contribution is 8.00. The van der Waals surface area contributed by atoms with E-state index in [1.165, 1.54) is 6.07 Å². The molecule has 1 aliphatic heterocycles. The van der Waals surface area contributed by atoms with E-state index in [1.54, 1.807) is 17.8 Å². The maximum Gasteiger partial charge on any atom is 0.127 e. The Morgan fingerprint density at radius 1 is 1.55 bits per heavy atom. The summed E-state index contributed by atoms with van der Waals surface area (Å²) in [6.07, 6.45) is 0.882. The third-order valence-corrected chi connectivity index (χ3v) is 3.10. The van der Waals surface area contributed by atoms with Gasteiger partial charge in [-0.05, 0) is 18.6 Å². The van der Waals surface area contributed by atoms with E-state index in [1.807, 2.05) is 6.07 Å². The fourth-order valence-corrected chi connectivity index (χ4v) is 2.56. The number of benzene rings is 1. The third-order valence-electron chi connectivity index (χ3n) is 1.90. The van der Waals surface area contributed by atoms with Gasteiger partial charge in [-0.25, -0.2) is 4.39 Å². The summed E-state index contributed by atoms with van der Waals surface area (Å²) < 4.78 is 13.1. The number of fused-ring (bicyclic) bond motifs is 1. The average molecular weight is 168 g/mol. The zero-order valence-electron chi connectivity index (χ0n) is 6.30. The van der Waals surface area contributed by atoms with Gasteiger partial charge in [0.2, 0.25) is 0 Å². The maximum atomic E-state index is 13.1. The molecule has 0 aromatic heterocycles. The molecule has 0 nitrogen and oxygen atoms in total. The van der Waals surface area contributed by atoms with Crippen molar-refractivity contribution in [2.75, 3.05) is 0 Å². The Morgan fingerprint density at radius 2 is 2.36 bits per heavy atom. The van der Waals surface area contributed by atoms with Crippen molar-refractivity contribution in [2.24, 2.45) is 0 Å². The van der Waals surface area contributed by atoms with E-state index in [2.05, 4.69) is 6.92 Å². The first-order chi connectivity index (χ1) is 5.27. The van der Waals surface area contributed by atoms with Crippen LogP contribution in [0.25, 0.3) is 0 Å². The van der Waals surface area contributed by atoms with Gasteiger partial charge in [0.05, 0.1) is 0 Å². The van der Waals surface area contributed by atoms with Crippen LogP contribution in [0.1, 0.15) is 12.5 Å². The fourth-order valence-electron chi connectivity index (χ4n) is 1.39. The minimum Gasteiger partial charge on any atom is -0.207 e. The van der Waals surface area contributed by atoms with Gasteiger partial charge in [0, 0.05) is 15.7 Å². The zero-order valence-corrected chi connectivity index (χ0v) is 7.12. The largest absolute Gasteiger partial charge is 0.207 e. The van der Waals surface area contributed by atoms with Crippen LogP contribution in [0.3, 0.4) is 0 Å². The van der Waals surface area contributed by atoms with Crippen molar-refractivity contribution in [2.45, 2.75) is 23.5 Å². The first kappa shape index (κ1) is 7.17. The van der Waals surface area contributed by atoms with Gasteiger partial charge in [0.25, 0.3) is 0 Å². The van der Waals surface area contributed by atoms with E-state index < -0.39 is 0 Å². The van der Waals surface area contributed by atoms with E-state index in [9.17, 15) is 4.39 Å². The molecule has 1 aromatic carbocycles. The number of hydrogen-bond acceptors (Lipinski definition) is 1. The lowest BCUT2D eigenvalue weighted by Gasteiger charge is -1.96. The number of thioether (sulfide) groups is 1. The normalized spacial score (nSPS) is 21.8. The second-order valence-electron chi connectivity index (χ2n) is 2.85. The molecule has 1 heterocycles. The Labute approximate surface area is 69.8 Å². The van der Waals surface area contributed by atoms with Gasteiger partial charge in [-0.2, -0.15) is 0 Å². The van der Waals surface area contributed by atoms with Gasteiger partial charge in [-0.15, -0.1) is 11.8 Å². The highest BCUT2D eigenvalue weighted by Crippen LogP contribution is 2.37. The van der Waals surface area contributed by atoms with Crippen molar-refractivity contribution in [3.05, 3.63) is 29.6 Å². The van der Waals surface area contributed by atoms with Crippen LogP contribution in [0.5, 0.6) is 0 Å². The summed E-state index contributed by atoms with van der Waals surface area (Å²) in [6, 6.07) is 5.31. The quantitative estimate of drug-likeness (QED) is 0.574. The molecular weight excluding hydrogens is 159 g/mol. The van der Waals surface area contributed by atoms with Gasteiger partial charge in [0.1, 0.15) is 5.82 Å². The Kier molecular flexibility index (Phi) is 1.64.